The Balaban J connectivity index is 1.70. The number of rotatable bonds is 4. The Morgan fingerprint density at radius 3 is 2.53 bits per heavy atom. The lowest BCUT2D eigenvalue weighted by Gasteiger charge is -2.41. The number of hydrogen-bond acceptors (Lipinski definition) is 4. The maximum absolute atomic E-state index is 7.07. The topological polar surface area (TPSA) is 40.6 Å². The van der Waals surface area contributed by atoms with Gasteiger partial charge in [-0.25, -0.2) is 0 Å². The first kappa shape index (κ1) is 24.9. The Bertz CT molecular complexity index is 1380. The van der Waals surface area contributed by atoms with E-state index in [-0.39, 0.29) is 17.6 Å². The van der Waals surface area contributed by atoms with Crippen LogP contribution in [0.2, 0.25) is 10.0 Å². The zero-order valence-corrected chi connectivity index (χ0v) is 23.2. The molecule has 186 valence electrons. The van der Waals surface area contributed by atoms with E-state index in [9.17, 15) is 0 Å². The molecule has 0 bridgehead atoms. The number of allylic oxidation sites excluding steroid dienone is 1. The minimum Gasteiger partial charge on any atom is -0.495 e. The van der Waals surface area contributed by atoms with Crippen LogP contribution in [0, 0.1) is 0 Å². The second kappa shape index (κ2) is 9.25. The van der Waals surface area contributed by atoms with Crippen molar-refractivity contribution in [2.24, 2.45) is 0 Å². The Kier molecular flexibility index (Phi) is 6.39. The number of anilines is 2. The number of likely N-dealkylation sites (N-methyl/N-ethyl adjacent to an activating group) is 1. The van der Waals surface area contributed by atoms with Crippen LogP contribution >= 0.6 is 35.4 Å². The van der Waals surface area contributed by atoms with E-state index < -0.39 is 0 Å². The molecule has 2 aliphatic heterocycles. The molecule has 3 aromatic rings. The van der Waals surface area contributed by atoms with Gasteiger partial charge in [0.15, 0.2) is 5.11 Å². The van der Waals surface area contributed by atoms with Crippen LogP contribution in [0.4, 0.5) is 11.4 Å². The van der Waals surface area contributed by atoms with E-state index in [1.807, 2.05) is 36.4 Å². The molecule has 8 heteroatoms. The van der Waals surface area contributed by atoms with E-state index in [0.717, 1.165) is 28.2 Å². The van der Waals surface area contributed by atoms with Gasteiger partial charge >= 0.3 is 0 Å². The number of halogens is 2. The van der Waals surface area contributed by atoms with E-state index in [2.05, 4.69) is 66.1 Å². The van der Waals surface area contributed by atoms with Crippen LogP contribution in [0.5, 0.6) is 5.75 Å². The SMILES string of the molecule is COc1ccc(N2C(=S)N[C@@H](c3ccccn3)[C@@H]2c2cc3c(cc2Cl)N(C)C(C)(C)C=C3C)cc1Cl. The first-order valence-electron chi connectivity index (χ1n) is 11.7. The molecule has 2 aromatic carbocycles. The zero-order valence-electron chi connectivity index (χ0n) is 20.8. The molecule has 0 radical (unpaired) electrons. The van der Waals surface area contributed by atoms with Crippen LogP contribution in [-0.4, -0.2) is 29.8 Å². The van der Waals surface area contributed by atoms with Crippen molar-refractivity contribution in [3.63, 3.8) is 0 Å². The molecule has 36 heavy (non-hydrogen) atoms. The highest BCUT2D eigenvalue weighted by Crippen LogP contribution is 2.48. The average Bonchev–Trinajstić information content (AvgIpc) is 3.19. The van der Waals surface area contributed by atoms with Gasteiger partial charge in [-0.15, -0.1) is 0 Å². The van der Waals surface area contributed by atoms with Gasteiger partial charge in [-0.1, -0.05) is 35.3 Å². The van der Waals surface area contributed by atoms with E-state index in [0.29, 0.717) is 20.9 Å². The van der Waals surface area contributed by atoms with Crippen molar-refractivity contribution in [3.8, 4) is 5.75 Å². The van der Waals surface area contributed by atoms with Crippen molar-refractivity contribution in [2.75, 3.05) is 24.0 Å². The predicted molar refractivity (Wildman–Crippen MR) is 154 cm³/mol. The number of methoxy groups -OCH3 is 1. The molecule has 0 amide bonds. The summed E-state index contributed by atoms with van der Waals surface area (Å²) >= 11 is 19.5. The smallest absolute Gasteiger partial charge is 0.174 e. The van der Waals surface area contributed by atoms with Crippen molar-refractivity contribution in [1.29, 1.82) is 0 Å². The number of nitrogens with one attached hydrogen (secondary N) is 1. The van der Waals surface area contributed by atoms with E-state index in [1.54, 1.807) is 13.3 Å². The minimum atomic E-state index is -0.247. The number of fused-ring (bicyclic) bond motifs is 1. The number of nitrogens with zero attached hydrogens (tertiary/aromatic N) is 3. The maximum Gasteiger partial charge on any atom is 0.174 e. The molecule has 0 unspecified atom stereocenters. The first-order valence-corrected chi connectivity index (χ1v) is 12.9. The largest absolute Gasteiger partial charge is 0.495 e. The van der Waals surface area contributed by atoms with Gasteiger partial charge in [0.1, 0.15) is 5.75 Å². The molecule has 1 N–H and O–H groups in total. The maximum atomic E-state index is 7.07. The van der Waals surface area contributed by atoms with Gasteiger partial charge < -0.3 is 19.9 Å². The summed E-state index contributed by atoms with van der Waals surface area (Å²) in [6.07, 6.45) is 4.09. The van der Waals surface area contributed by atoms with Crippen molar-refractivity contribution in [1.82, 2.24) is 10.3 Å². The van der Waals surface area contributed by atoms with Gasteiger partial charge in [0.2, 0.25) is 0 Å². The van der Waals surface area contributed by atoms with Crippen LogP contribution in [0.15, 0.2) is 60.8 Å². The second-order valence-electron chi connectivity index (χ2n) is 9.75. The molecule has 0 saturated carbocycles. The molecule has 1 fully saturated rings. The number of aromatic nitrogens is 1. The third-order valence-corrected chi connectivity index (χ3v) is 8.10. The Labute approximate surface area is 227 Å². The quantitative estimate of drug-likeness (QED) is 0.354. The normalized spacial score (nSPS) is 20.6. The third kappa shape index (κ3) is 4.11. The molecule has 0 spiro atoms. The molecule has 2 atom stereocenters. The van der Waals surface area contributed by atoms with Crippen molar-refractivity contribution in [3.05, 3.63) is 87.7 Å². The lowest BCUT2D eigenvalue weighted by atomic mass is 9.86. The van der Waals surface area contributed by atoms with Crippen LogP contribution in [-0.2, 0) is 0 Å². The van der Waals surface area contributed by atoms with Gasteiger partial charge in [0, 0.05) is 35.2 Å². The number of thiocarbonyl (C=S) groups is 1. The number of benzene rings is 2. The summed E-state index contributed by atoms with van der Waals surface area (Å²) in [6, 6.07) is 15.4. The molecule has 5 rings (SSSR count). The summed E-state index contributed by atoms with van der Waals surface area (Å²) in [7, 11) is 3.70. The van der Waals surface area contributed by atoms with Crippen molar-refractivity contribution in [2.45, 2.75) is 38.4 Å². The fraction of sp³-hybridized carbons (Fsp3) is 0.286. The Morgan fingerprint density at radius 1 is 1.08 bits per heavy atom. The number of pyridine rings is 1. The van der Waals surface area contributed by atoms with Gasteiger partial charge in [-0.3, -0.25) is 4.98 Å². The summed E-state index contributed by atoms with van der Waals surface area (Å²) in [4.78, 5) is 8.99. The van der Waals surface area contributed by atoms with Crippen LogP contribution in [0.25, 0.3) is 5.57 Å². The summed E-state index contributed by atoms with van der Waals surface area (Å²) in [6.45, 7) is 6.56. The minimum absolute atomic E-state index is 0.110. The Hall–Kier alpha value is -2.80. The Morgan fingerprint density at radius 2 is 1.86 bits per heavy atom. The van der Waals surface area contributed by atoms with Crippen LogP contribution in [0.1, 0.15) is 49.7 Å². The molecule has 3 heterocycles. The predicted octanol–water partition coefficient (Wildman–Crippen LogP) is 7.21. The van der Waals surface area contributed by atoms with Gasteiger partial charge in [0.05, 0.1) is 35.4 Å². The first-order chi connectivity index (χ1) is 17.1. The fourth-order valence-electron chi connectivity index (χ4n) is 5.17. The third-order valence-electron chi connectivity index (χ3n) is 7.17. The van der Waals surface area contributed by atoms with Gasteiger partial charge in [-0.2, -0.15) is 0 Å². The summed E-state index contributed by atoms with van der Waals surface area (Å²) < 4.78 is 5.37. The lowest BCUT2D eigenvalue weighted by Crippen LogP contribution is -2.42. The summed E-state index contributed by atoms with van der Waals surface area (Å²) in [5.74, 6) is 0.606. The van der Waals surface area contributed by atoms with Crippen molar-refractivity contribution < 1.29 is 4.74 Å². The van der Waals surface area contributed by atoms with Crippen LogP contribution < -0.4 is 19.9 Å². The molecule has 5 nitrogen and oxygen atoms in total. The average molecular weight is 540 g/mol. The molecule has 0 aliphatic carbocycles. The van der Waals surface area contributed by atoms with Crippen LogP contribution in [0.3, 0.4) is 0 Å². The summed E-state index contributed by atoms with van der Waals surface area (Å²) in [5.41, 5.74) is 6.06. The highest BCUT2D eigenvalue weighted by atomic mass is 35.5. The molecular weight excluding hydrogens is 511 g/mol. The van der Waals surface area contributed by atoms with E-state index in [1.165, 1.54) is 5.57 Å². The number of ether oxygens (including phenoxy) is 1. The molecule has 2 aliphatic rings. The zero-order chi connectivity index (χ0) is 25.8. The molecular formula is C28H28Cl2N4OS. The number of hydrogen-bond donors (Lipinski definition) is 1. The second-order valence-corrected chi connectivity index (χ2v) is 10.9. The fourth-order valence-corrected chi connectivity index (χ4v) is 6.04. The summed E-state index contributed by atoms with van der Waals surface area (Å²) in [5, 5.41) is 5.26. The van der Waals surface area contributed by atoms with E-state index in [4.69, 9.17) is 40.2 Å². The lowest BCUT2D eigenvalue weighted by molar-refractivity contribution is 0.415. The van der Waals surface area contributed by atoms with Crippen molar-refractivity contribution >= 4 is 57.5 Å². The highest BCUT2D eigenvalue weighted by Gasteiger charge is 2.42. The monoisotopic (exact) mass is 538 g/mol. The van der Waals surface area contributed by atoms with Gasteiger partial charge in [-0.05, 0) is 86.6 Å². The van der Waals surface area contributed by atoms with E-state index >= 15 is 0 Å². The van der Waals surface area contributed by atoms with Gasteiger partial charge in [0.25, 0.3) is 0 Å². The highest BCUT2D eigenvalue weighted by molar-refractivity contribution is 7.80. The molecule has 1 saturated heterocycles. The molecule has 1 aromatic heterocycles. The standard InChI is InChI=1S/C28H28Cl2N4OS/c1-16-15-28(2,3)33(4)23-14-20(29)19(13-18(16)23)26-25(22-8-6-7-11-31-22)32-27(36)34(26)17-9-10-24(35-5)21(30)12-17/h6-15,25-26H,1-5H3,(H,32,36)/t25-,26-/m0/s1.